The summed E-state index contributed by atoms with van der Waals surface area (Å²) in [4.78, 5) is 29.9. The molecule has 0 radical (unpaired) electrons. The van der Waals surface area contributed by atoms with Gasteiger partial charge in [0.15, 0.2) is 0 Å². The number of carbonyl (C=O) groups excluding carboxylic acids is 1. The molecule has 1 aliphatic heterocycles. The van der Waals surface area contributed by atoms with Crippen molar-refractivity contribution in [1.82, 2.24) is 14.5 Å². The molecule has 4 rings (SSSR count). The van der Waals surface area contributed by atoms with Crippen LogP contribution in [0.4, 0.5) is 0 Å². The number of nitrogens with two attached hydrogens (primary N) is 1. The minimum atomic E-state index is -0.641. The van der Waals surface area contributed by atoms with Gasteiger partial charge >= 0.3 is 5.69 Å². The van der Waals surface area contributed by atoms with Gasteiger partial charge in [0.05, 0.1) is 11.0 Å². The number of nitrogens with zero attached hydrogens (tertiary/aromatic N) is 2. The Morgan fingerprint density at radius 2 is 1.78 bits per heavy atom. The molecule has 1 aliphatic rings. The fourth-order valence-corrected chi connectivity index (χ4v) is 3.89. The molecule has 0 aliphatic carbocycles. The minimum Gasteiger partial charge on any atom is -0.341 e. The molecule has 1 saturated heterocycles. The molecule has 6 nitrogen and oxygen atoms in total. The van der Waals surface area contributed by atoms with E-state index in [-0.39, 0.29) is 17.6 Å². The van der Waals surface area contributed by atoms with Crippen LogP contribution in [0.25, 0.3) is 11.0 Å². The van der Waals surface area contributed by atoms with Gasteiger partial charge in [-0.25, -0.2) is 4.79 Å². The Balaban J connectivity index is 1.47. The summed E-state index contributed by atoms with van der Waals surface area (Å²) >= 11 is 0. The van der Waals surface area contributed by atoms with Crippen molar-refractivity contribution >= 4 is 16.9 Å². The molecule has 1 atom stereocenters. The lowest BCUT2D eigenvalue weighted by molar-refractivity contribution is -0.134. The molecule has 6 heteroatoms. The predicted molar refractivity (Wildman–Crippen MR) is 106 cm³/mol. The zero-order valence-electron chi connectivity index (χ0n) is 15.4. The van der Waals surface area contributed by atoms with Crippen molar-refractivity contribution in [2.75, 3.05) is 13.1 Å². The van der Waals surface area contributed by atoms with Gasteiger partial charge in [0, 0.05) is 19.1 Å². The molecule has 1 fully saturated rings. The van der Waals surface area contributed by atoms with Crippen LogP contribution in [-0.2, 0) is 4.79 Å². The highest BCUT2D eigenvalue weighted by atomic mass is 16.2. The molecular formula is C21H24N4O2. The van der Waals surface area contributed by atoms with Gasteiger partial charge in [-0.3, -0.25) is 9.36 Å². The third-order valence-corrected chi connectivity index (χ3v) is 5.47. The zero-order valence-corrected chi connectivity index (χ0v) is 15.4. The molecule has 1 unspecified atom stereocenters. The molecule has 0 spiro atoms. The van der Waals surface area contributed by atoms with Crippen LogP contribution >= 0.6 is 0 Å². The number of aryl methyl sites for hydroxylation is 1. The molecule has 0 saturated carbocycles. The number of aromatic nitrogens is 2. The quantitative estimate of drug-likeness (QED) is 0.749. The SMILES string of the molecule is Cc1ccc(C(N)C(=O)N2CCC(n3c(=O)[nH]c4ccccc43)CC2)cc1. The first-order chi connectivity index (χ1) is 13.0. The molecule has 3 aromatic rings. The van der Waals surface area contributed by atoms with Crippen LogP contribution in [0.2, 0.25) is 0 Å². The number of benzene rings is 2. The topological polar surface area (TPSA) is 84.1 Å². The highest BCUT2D eigenvalue weighted by Gasteiger charge is 2.29. The Labute approximate surface area is 157 Å². The van der Waals surface area contributed by atoms with Crippen molar-refractivity contribution in [1.29, 1.82) is 0 Å². The molecule has 2 heterocycles. The summed E-state index contributed by atoms with van der Waals surface area (Å²) in [5.41, 5.74) is 9.86. The molecule has 3 N–H and O–H groups in total. The van der Waals surface area contributed by atoms with Crippen LogP contribution in [0.5, 0.6) is 0 Å². The maximum Gasteiger partial charge on any atom is 0.326 e. The molecule has 1 aromatic heterocycles. The van der Waals surface area contributed by atoms with Crippen LogP contribution in [0.1, 0.15) is 36.1 Å². The van der Waals surface area contributed by atoms with Crippen molar-refractivity contribution in [2.45, 2.75) is 31.8 Å². The Morgan fingerprint density at radius 1 is 1.11 bits per heavy atom. The average Bonchev–Trinajstić information content (AvgIpc) is 3.03. The van der Waals surface area contributed by atoms with E-state index in [4.69, 9.17) is 5.73 Å². The van der Waals surface area contributed by atoms with Gasteiger partial charge in [-0.1, -0.05) is 42.0 Å². The second-order valence-corrected chi connectivity index (χ2v) is 7.26. The van der Waals surface area contributed by atoms with E-state index in [0.717, 1.165) is 35.0 Å². The largest absolute Gasteiger partial charge is 0.341 e. The van der Waals surface area contributed by atoms with E-state index in [1.165, 1.54) is 0 Å². The van der Waals surface area contributed by atoms with Crippen LogP contribution < -0.4 is 11.4 Å². The Kier molecular flexibility index (Phi) is 4.58. The highest BCUT2D eigenvalue weighted by molar-refractivity contribution is 5.83. The van der Waals surface area contributed by atoms with E-state index < -0.39 is 6.04 Å². The Bertz CT molecular complexity index is 1010. The first-order valence-corrected chi connectivity index (χ1v) is 9.35. The van der Waals surface area contributed by atoms with Crippen molar-refractivity contribution in [2.24, 2.45) is 5.73 Å². The number of H-pyrrole nitrogens is 1. The summed E-state index contributed by atoms with van der Waals surface area (Å²) in [5, 5.41) is 0. The van der Waals surface area contributed by atoms with E-state index in [9.17, 15) is 9.59 Å². The van der Waals surface area contributed by atoms with Gasteiger partial charge in [-0.2, -0.15) is 0 Å². The van der Waals surface area contributed by atoms with Crippen LogP contribution in [0, 0.1) is 6.92 Å². The third-order valence-electron chi connectivity index (χ3n) is 5.47. The van der Waals surface area contributed by atoms with E-state index >= 15 is 0 Å². The monoisotopic (exact) mass is 364 g/mol. The van der Waals surface area contributed by atoms with E-state index in [1.54, 1.807) is 0 Å². The van der Waals surface area contributed by atoms with Crippen LogP contribution in [0.15, 0.2) is 53.3 Å². The summed E-state index contributed by atoms with van der Waals surface area (Å²) in [5.74, 6) is -0.0522. The number of piperidine rings is 1. The fourth-order valence-electron chi connectivity index (χ4n) is 3.89. The number of carbonyl (C=O) groups is 1. The zero-order chi connectivity index (χ0) is 19.0. The van der Waals surface area contributed by atoms with Crippen LogP contribution in [0.3, 0.4) is 0 Å². The number of likely N-dealkylation sites (tertiary alicyclic amines) is 1. The van der Waals surface area contributed by atoms with Gasteiger partial charge in [0.2, 0.25) is 5.91 Å². The Hall–Kier alpha value is -2.86. The molecule has 27 heavy (non-hydrogen) atoms. The number of amides is 1. The number of para-hydroxylation sites is 2. The highest BCUT2D eigenvalue weighted by Crippen LogP contribution is 2.26. The normalized spacial score (nSPS) is 16.6. The van der Waals surface area contributed by atoms with E-state index in [1.807, 2.05) is 64.9 Å². The van der Waals surface area contributed by atoms with Gasteiger partial charge in [-0.15, -0.1) is 0 Å². The Morgan fingerprint density at radius 3 is 2.48 bits per heavy atom. The number of fused-ring (bicyclic) bond motifs is 1. The molecule has 2 aromatic carbocycles. The van der Waals surface area contributed by atoms with E-state index in [2.05, 4.69) is 4.98 Å². The number of hydrogen-bond donors (Lipinski definition) is 2. The number of aromatic amines is 1. The van der Waals surface area contributed by atoms with E-state index in [0.29, 0.717) is 13.1 Å². The molecule has 0 bridgehead atoms. The third kappa shape index (κ3) is 3.28. The van der Waals surface area contributed by atoms with Gasteiger partial charge in [0.25, 0.3) is 0 Å². The standard InChI is InChI=1S/C21H24N4O2/c1-14-6-8-15(9-7-14)19(22)20(26)24-12-10-16(11-13-24)25-18-5-3-2-4-17(18)23-21(25)27/h2-9,16,19H,10-13,22H2,1H3,(H,23,27). The van der Waals surface area contributed by atoms with Crippen molar-refractivity contribution < 1.29 is 4.79 Å². The van der Waals surface area contributed by atoms with Crippen LogP contribution in [-0.4, -0.2) is 33.4 Å². The minimum absolute atomic E-state index is 0.0522. The maximum absolute atomic E-state index is 12.8. The second kappa shape index (κ2) is 7.04. The van der Waals surface area contributed by atoms with Gasteiger partial charge in [-0.05, 0) is 37.5 Å². The molecule has 1 amide bonds. The molecule has 140 valence electrons. The number of imidazole rings is 1. The maximum atomic E-state index is 12.8. The first kappa shape index (κ1) is 17.5. The predicted octanol–water partition coefficient (Wildman–Crippen LogP) is 2.50. The lowest BCUT2D eigenvalue weighted by Crippen LogP contribution is -2.44. The number of hydrogen-bond acceptors (Lipinski definition) is 3. The summed E-state index contributed by atoms with van der Waals surface area (Å²) in [7, 11) is 0. The molecular weight excluding hydrogens is 340 g/mol. The van der Waals surface area contributed by atoms with Crippen molar-refractivity contribution in [3.63, 3.8) is 0 Å². The lowest BCUT2D eigenvalue weighted by Gasteiger charge is -2.34. The summed E-state index contributed by atoms with van der Waals surface area (Å²) < 4.78 is 1.83. The summed E-state index contributed by atoms with van der Waals surface area (Å²) in [6, 6.07) is 14.9. The van der Waals surface area contributed by atoms with Gasteiger partial charge < -0.3 is 15.6 Å². The average molecular weight is 364 g/mol. The summed E-state index contributed by atoms with van der Waals surface area (Å²) in [6.07, 6.45) is 1.49. The van der Waals surface area contributed by atoms with Gasteiger partial charge in [0.1, 0.15) is 6.04 Å². The number of rotatable bonds is 3. The second-order valence-electron chi connectivity index (χ2n) is 7.26. The summed E-state index contributed by atoms with van der Waals surface area (Å²) in [6.45, 7) is 3.22. The van der Waals surface area contributed by atoms with Crippen molar-refractivity contribution in [3.05, 3.63) is 70.1 Å². The first-order valence-electron chi connectivity index (χ1n) is 9.35. The van der Waals surface area contributed by atoms with Crippen molar-refractivity contribution in [3.8, 4) is 0 Å². The fraction of sp³-hybridized carbons (Fsp3) is 0.333. The number of nitrogens with one attached hydrogen (secondary N) is 1. The lowest BCUT2D eigenvalue weighted by atomic mass is 10.0. The smallest absolute Gasteiger partial charge is 0.326 e.